The molecule has 1 fully saturated rings. The summed E-state index contributed by atoms with van der Waals surface area (Å²) in [4.78, 5) is 26.2. The topological polar surface area (TPSA) is 89.9 Å². The van der Waals surface area contributed by atoms with Crippen molar-refractivity contribution in [1.82, 2.24) is 10.2 Å². The van der Waals surface area contributed by atoms with E-state index in [0.717, 1.165) is 24.1 Å². The zero-order valence-electron chi connectivity index (χ0n) is 18.2. The van der Waals surface area contributed by atoms with Crippen LogP contribution in [0.15, 0.2) is 54.6 Å². The maximum Gasteiger partial charge on any atom is 0.322 e. The lowest BCUT2D eigenvalue weighted by Gasteiger charge is -2.44. The van der Waals surface area contributed by atoms with E-state index in [1.54, 1.807) is 6.07 Å². The average molecular weight is 425 g/mol. The molecule has 6 heteroatoms. The number of rotatable bonds is 8. The average Bonchev–Trinajstić information content (AvgIpc) is 2.75. The molecular weight excluding hydrogens is 392 g/mol. The molecule has 1 saturated heterocycles. The predicted molar refractivity (Wildman–Crippen MR) is 120 cm³/mol. The SMILES string of the molecule is C[C@@H]1CCN(C[C@H](Cc2ccccc2)C(=O)NCC(=O)O)C(c2cccc(O)c2)[C@@H]1C. The zero-order valence-corrected chi connectivity index (χ0v) is 18.2. The summed E-state index contributed by atoms with van der Waals surface area (Å²) in [6.45, 7) is 5.47. The van der Waals surface area contributed by atoms with E-state index in [2.05, 4.69) is 24.1 Å². The number of aromatic hydroxyl groups is 1. The molecule has 31 heavy (non-hydrogen) atoms. The molecule has 1 heterocycles. The highest BCUT2D eigenvalue weighted by molar-refractivity contribution is 5.83. The van der Waals surface area contributed by atoms with Gasteiger partial charge in [-0.2, -0.15) is 0 Å². The van der Waals surface area contributed by atoms with E-state index in [9.17, 15) is 14.7 Å². The Balaban J connectivity index is 1.85. The third-order valence-electron chi connectivity index (χ3n) is 6.44. The number of hydrogen-bond donors (Lipinski definition) is 3. The number of benzene rings is 2. The second-order valence-electron chi connectivity index (χ2n) is 8.66. The van der Waals surface area contributed by atoms with Crippen molar-refractivity contribution in [2.24, 2.45) is 17.8 Å². The third kappa shape index (κ3) is 6.07. The minimum absolute atomic E-state index is 0.0846. The summed E-state index contributed by atoms with van der Waals surface area (Å²) in [6.07, 6.45) is 1.57. The van der Waals surface area contributed by atoms with Gasteiger partial charge in [0.2, 0.25) is 5.91 Å². The number of piperidine rings is 1. The number of aliphatic carboxylic acids is 1. The summed E-state index contributed by atoms with van der Waals surface area (Å²) >= 11 is 0. The maximum absolute atomic E-state index is 12.9. The number of phenolic OH excluding ortho intramolecular Hbond substituents is 1. The monoisotopic (exact) mass is 424 g/mol. The van der Waals surface area contributed by atoms with Gasteiger partial charge in [0.1, 0.15) is 12.3 Å². The first-order valence-corrected chi connectivity index (χ1v) is 10.9. The van der Waals surface area contributed by atoms with Crippen LogP contribution < -0.4 is 5.32 Å². The lowest BCUT2D eigenvalue weighted by Crippen LogP contribution is -2.47. The smallest absolute Gasteiger partial charge is 0.322 e. The highest BCUT2D eigenvalue weighted by Gasteiger charge is 2.36. The molecule has 3 rings (SSSR count). The van der Waals surface area contributed by atoms with Crippen molar-refractivity contribution >= 4 is 11.9 Å². The molecule has 0 aromatic heterocycles. The number of carbonyl (C=O) groups is 2. The lowest BCUT2D eigenvalue weighted by atomic mass is 9.78. The van der Waals surface area contributed by atoms with Gasteiger partial charge in [0.15, 0.2) is 0 Å². The van der Waals surface area contributed by atoms with Crippen molar-refractivity contribution in [2.75, 3.05) is 19.6 Å². The molecule has 0 radical (unpaired) electrons. The molecule has 6 nitrogen and oxygen atoms in total. The molecule has 4 atom stereocenters. The number of hydrogen-bond acceptors (Lipinski definition) is 4. The van der Waals surface area contributed by atoms with Gasteiger partial charge in [-0.25, -0.2) is 0 Å². The first-order valence-electron chi connectivity index (χ1n) is 10.9. The van der Waals surface area contributed by atoms with Crippen LogP contribution in [-0.2, 0) is 16.0 Å². The Morgan fingerprint density at radius 3 is 2.55 bits per heavy atom. The summed E-state index contributed by atoms with van der Waals surface area (Å²) in [5, 5.41) is 21.6. The third-order valence-corrected chi connectivity index (χ3v) is 6.44. The largest absolute Gasteiger partial charge is 0.508 e. The number of nitrogens with zero attached hydrogens (tertiary/aromatic N) is 1. The van der Waals surface area contributed by atoms with Gasteiger partial charge in [-0.15, -0.1) is 0 Å². The van der Waals surface area contributed by atoms with Crippen LogP contribution in [0.1, 0.15) is 37.4 Å². The summed E-state index contributed by atoms with van der Waals surface area (Å²) in [5.41, 5.74) is 2.09. The number of carboxylic acids is 1. The van der Waals surface area contributed by atoms with Gasteiger partial charge in [0.05, 0.1) is 5.92 Å². The Morgan fingerprint density at radius 1 is 1.13 bits per heavy atom. The Labute approximate surface area is 183 Å². The highest BCUT2D eigenvalue weighted by atomic mass is 16.4. The first-order chi connectivity index (χ1) is 14.8. The van der Waals surface area contributed by atoms with Crippen LogP contribution in [-0.4, -0.2) is 46.6 Å². The van der Waals surface area contributed by atoms with E-state index in [0.29, 0.717) is 24.8 Å². The van der Waals surface area contributed by atoms with Crippen molar-refractivity contribution < 1.29 is 19.8 Å². The molecule has 0 saturated carbocycles. The lowest BCUT2D eigenvalue weighted by molar-refractivity contribution is -0.138. The van der Waals surface area contributed by atoms with E-state index in [1.807, 2.05) is 48.5 Å². The summed E-state index contributed by atoms with van der Waals surface area (Å²) in [7, 11) is 0. The molecular formula is C25H32N2O4. The van der Waals surface area contributed by atoms with Gasteiger partial charge in [-0.1, -0.05) is 56.3 Å². The fourth-order valence-corrected chi connectivity index (χ4v) is 4.57. The molecule has 1 aliphatic heterocycles. The molecule has 0 aliphatic carbocycles. The van der Waals surface area contributed by atoms with Crippen LogP contribution in [0, 0.1) is 17.8 Å². The second kappa shape index (κ2) is 10.4. The molecule has 0 bridgehead atoms. The van der Waals surface area contributed by atoms with E-state index < -0.39 is 5.97 Å². The van der Waals surface area contributed by atoms with E-state index in [-0.39, 0.29) is 30.2 Å². The molecule has 0 spiro atoms. The summed E-state index contributed by atoms with van der Waals surface area (Å²) < 4.78 is 0. The van der Waals surface area contributed by atoms with Crippen LogP contribution in [0.4, 0.5) is 0 Å². The number of carbonyl (C=O) groups excluding carboxylic acids is 1. The molecule has 3 N–H and O–H groups in total. The quantitative estimate of drug-likeness (QED) is 0.604. The standard InChI is InChI=1S/C25H32N2O4/c1-17-11-12-27(24(18(17)2)20-9-6-10-22(28)14-20)16-21(25(31)26-15-23(29)30)13-19-7-4-3-5-8-19/h3-10,14,17-18,21,24,28H,11-13,15-16H2,1-2H3,(H,26,31)(H,29,30)/t17-,18-,21+,24?/m1/s1. The van der Waals surface area contributed by atoms with Crippen LogP contribution in [0.3, 0.4) is 0 Å². The minimum atomic E-state index is -1.05. The van der Waals surface area contributed by atoms with Crippen molar-refractivity contribution in [1.29, 1.82) is 0 Å². The van der Waals surface area contributed by atoms with Gasteiger partial charge >= 0.3 is 5.97 Å². The summed E-state index contributed by atoms with van der Waals surface area (Å²) in [5.74, 6) is -0.547. The van der Waals surface area contributed by atoms with Crippen LogP contribution in [0.5, 0.6) is 5.75 Å². The molecule has 2 aromatic rings. The normalized spacial score (nSPS) is 22.6. The number of amides is 1. The number of likely N-dealkylation sites (tertiary alicyclic amines) is 1. The fourth-order valence-electron chi connectivity index (χ4n) is 4.57. The Kier molecular flexibility index (Phi) is 7.69. The second-order valence-corrected chi connectivity index (χ2v) is 8.66. The van der Waals surface area contributed by atoms with Crippen molar-refractivity contribution in [3.8, 4) is 5.75 Å². The predicted octanol–water partition coefficient (Wildman–Crippen LogP) is 3.47. The highest BCUT2D eigenvalue weighted by Crippen LogP contribution is 2.40. The van der Waals surface area contributed by atoms with Crippen LogP contribution in [0.25, 0.3) is 0 Å². The molecule has 1 unspecified atom stereocenters. The van der Waals surface area contributed by atoms with Crippen LogP contribution >= 0.6 is 0 Å². The Bertz CT molecular complexity index is 886. The van der Waals surface area contributed by atoms with Crippen molar-refractivity contribution in [3.63, 3.8) is 0 Å². The number of phenols is 1. The van der Waals surface area contributed by atoms with Gasteiger partial charge in [-0.05, 0) is 54.5 Å². The number of nitrogens with one attached hydrogen (secondary N) is 1. The molecule has 1 amide bonds. The molecule has 166 valence electrons. The minimum Gasteiger partial charge on any atom is -0.508 e. The number of carboxylic acid groups (broad SMARTS) is 1. The van der Waals surface area contributed by atoms with Gasteiger partial charge in [0, 0.05) is 12.6 Å². The van der Waals surface area contributed by atoms with Gasteiger partial charge < -0.3 is 15.5 Å². The van der Waals surface area contributed by atoms with Gasteiger partial charge in [-0.3, -0.25) is 14.5 Å². The molecule has 2 aromatic carbocycles. The molecule has 1 aliphatic rings. The first kappa shape index (κ1) is 22.8. The van der Waals surface area contributed by atoms with E-state index >= 15 is 0 Å². The van der Waals surface area contributed by atoms with Crippen molar-refractivity contribution in [3.05, 3.63) is 65.7 Å². The zero-order chi connectivity index (χ0) is 22.4. The van der Waals surface area contributed by atoms with Crippen molar-refractivity contribution in [2.45, 2.75) is 32.7 Å². The summed E-state index contributed by atoms with van der Waals surface area (Å²) in [6, 6.07) is 17.3. The fraction of sp³-hybridized carbons (Fsp3) is 0.440. The Morgan fingerprint density at radius 2 is 1.87 bits per heavy atom. The van der Waals surface area contributed by atoms with E-state index in [4.69, 9.17) is 5.11 Å². The Hall–Kier alpha value is -2.86. The van der Waals surface area contributed by atoms with Gasteiger partial charge in [0.25, 0.3) is 0 Å². The van der Waals surface area contributed by atoms with Crippen LogP contribution in [0.2, 0.25) is 0 Å². The maximum atomic E-state index is 12.9. The van der Waals surface area contributed by atoms with E-state index in [1.165, 1.54) is 0 Å².